The molecule has 0 aromatic carbocycles. The summed E-state index contributed by atoms with van der Waals surface area (Å²) in [5, 5.41) is 3.24. The maximum Gasteiger partial charge on any atom is 0.110 e. The van der Waals surface area contributed by atoms with Gasteiger partial charge in [-0.15, -0.1) is 6.58 Å². The zero-order valence-electron chi connectivity index (χ0n) is 10.3. The summed E-state index contributed by atoms with van der Waals surface area (Å²) < 4.78 is 0. The summed E-state index contributed by atoms with van der Waals surface area (Å²) in [6.07, 6.45) is 3.28. The summed E-state index contributed by atoms with van der Waals surface area (Å²) in [5.74, 6) is 4.76. The zero-order valence-corrected chi connectivity index (χ0v) is 10.3. The van der Waals surface area contributed by atoms with Crippen LogP contribution in [0, 0.1) is 0 Å². The van der Waals surface area contributed by atoms with E-state index in [4.69, 9.17) is 5.84 Å². The number of nitrogens with zero attached hydrogens (tertiary/aromatic N) is 2. The molecule has 0 spiro atoms. The van der Waals surface area contributed by atoms with Gasteiger partial charge in [0.05, 0.1) is 0 Å². The molecular formula is C10H27N3. The molecule has 13 heavy (non-hydrogen) atoms. The number of allylic oxidation sites excluding steroid dienone is 1. The van der Waals surface area contributed by atoms with Crippen molar-refractivity contribution < 1.29 is 0 Å². The first-order chi connectivity index (χ1) is 6.18. The molecule has 0 radical (unpaired) electrons. The van der Waals surface area contributed by atoms with Crippen molar-refractivity contribution in [1.29, 1.82) is 0 Å². The fourth-order valence-electron chi connectivity index (χ4n) is 0.133. The van der Waals surface area contributed by atoms with Crippen LogP contribution in [-0.4, -0.2) is 25.3 Å². The Kier molecular flexibility index (Phi) is 76.7. The molecule has 0 unspecified atom stereocenters. The third-order valence-corrected chi connectivity index (χ3v) is 0.298. The minimum atomic E-state index is 1.53. The lowest BCUT2D eigenvalue weighted by atomic mass is 10.8. The van der Waals surface area contributed by atoms with Crippen LogP contribution in [0.25, 0.3) is 0 Å². The van der Waals surface area contributed by atoms with E-state index >= 15 is 0 Å². The lowest BCUT2D eigenvalue weighted by molar-refractivity contribution is 0.640. The Morgan fingerprint density at radius 3 is 1.38 bits per heavy atom. The van der Waals surface area contributed by atoms with Gasteiger partial charge in [-0.25, -0.2) is 0 Å². The van der Waals surface area contributed by atoms with Crippen LogP contribution in [0.4, 0.5) is 0 Å². The summed E-state index contributed by atoms with van der Waals surface area (Å²) in [5.41, 5.74) is 0. The van der Waals surface area contributed by atoms with E-state index in [0.29, 0.717) is 0 Å². The number of hydrazone groups is 1. The van der Waals surface area contributed by atoms with E-state index in [0.717, 1.165) is 0 Å². The van der Waals surface area contributed by atoms with Crippen molar-refractivity contribution in [3.8, 4) is 0 Å². The van der Waals surface area contributed by atoms with Gasteiger partial charge in [0.1, 0.15) is 6.34 Å². The quantitative estimate of drug-likeness (QED) is 0.226. The summed E-state index contributed by atoms with van der Waals surface area (Å²) in [7, 11) is 3.72. The minimum Gasteiger partial charge on any atom is -0.367 e. The van der Waals surface area contributed by atoms with Gasteiger partial charge in [0, 0.05) is 14.1 Å². The highest BCUT2D eigenvalue weighted by molar-refractivity contribution is 5.52. The molecule has 2 N–H and O–H groups in total. The van der Waals surface area contributed by atoms with Gasteiger partial charge in [0.2, 0.25) is 0 Å². The molecule has 0 aliphatic rings. The molecule has 0 aliphatic heterocycles. The smallest absolute Gasteiger partial charge is 0.110 e. The Hall–Kier alpha value is -0.990. The number of hydrogen-bond acceptors (Lipinski definition) is 2. The van der Waals surface area contributed by atoms with E-state index < -0.39 is 0 Å². The Morgan fingerprint density at radius 2 is 1.38 bits per heavy atom. The molecule has 0 atom stereocenters. The molecule has 0 bridgehead atoms. The van der Waals surface area contributed by atoms with Gasteiger partial charge in [-0.2, -0.15) is 5.10 Å². The van der Waals surface area contributed by atoms with Crippen molar-refractivity contribution in [1.82, 2.24) is 4.90 Å². The van der Waals surface area contributed by atoms with Gasteiger partial charge in [0.15, 0.2) is 0 Å². The Labute approximate surface area is 84.3 Å². The van der Waals surface area contributed by atoms with Crippen molar-refractivity contribution in [2.75, 3.05) is 14.1 Å². The van der Waals surface area contributed by atoms with E-state index in [9.17, 15) is 0 Å². The Bertz CT molecular complexity index is 78.2. The third kappa shape index (κ3) is 221. The fraction of sp³-hybridized carbons (Fsp3) is 0.700. The van der Waals surface area contributed by atoms with Gasteiger partial charge in [0.25, 0.3) is 0 Å². The van der Waals surface area contributed by atoms with Gasteiger partial charge in [-0.1, -0.05) is 33.8 Å². The Balaban J connectivity index is -0.0000000493. The topological polar surface area (TPSA) is 41.6 Å². The van der Waals surface area contributed by atoms with Crippen LogP contribution in [0.5, 0.6) is 0 Å². The summed E-state index contributed by atoms with van der Waals surface area (Å²) in [4.78, 5) is 1.76. The molecule has 0 saturated carbocycles. The fourth-order valence-corrected chi connectivity index (χ4v) is 0.133. The summed E-state index contributed by atoms with van der Waals surface area (Å²) >= 11 is 0. The largest absolute Gasteiger partial charge is 0.367 e. The normalized spacial score (nSPS) is 6.38. The number of nitrogens with two attached hydrogens (primary N) is 1. The molecule has 0 aromatic heterocycles. The second kappa shape index (κ2) is 44.0. The highest BCUT2D eigenvalue weighted by Crippen LogP contribution is 1.56. The van der Waals surface area contributed by atoms with Crippen LogP contribution in [0.1, 0.15) is 34.6 Å². The van der Waals surface area contributed by atoms with Crippen LogP contribution < -0.4 is 5.84 Å². The van der Waals surface area contributed by atoms with Gasteiger partial charge >= 0.3 is 0 Å². The molecule has 0 heterocycles. The molecule has 0 aromatic rings. The second-order valence-electron chi connectivity index (χ2n) is 1.64. The van der Waals surface area contributed by atoms with Crippen LogP contribution in [0.3, 0.4) is 0 Å². The highest BCUT2D eigenvalue weighted by atomic mass is 15.2. The standard InChI is InChI=1S/C3H9N3.C3H6.2C2H6/c1-6(2)3-5-4;1-3-2;2*1-2/h3H,4H2,1-2H3;3H,1H2,2H3;2*1-2H3/b5-3-;;;. The van der Waals surface area contributed by atoms with Gasteiger partial charge in [-0.05, 0) is 6.92 Å². The SMILES string of the molecule is C=CC.CC.CC.CN(C)/C=N\N. The van der Waals surface area contributed by atoms with Crippen molar-refractivity contribution in [3.05, 3.63) is 12.7 Å². The van der Waals surface area contributed by atoms with E-state index in [1.54, 1.807) is 11.0 Å². The van der Waals surface area contributed by atoms with Crippen molar-refractivity contribution >= 4 is 6.34 Å². The maximum absolute atomic E-state index is 4.76. The predicted molar refractivity (Wildman–Crippen MR) is 64.9 cm³/mol. The molecule has 0 fully saturated rings. The summed E-state index contributed by atoms with van der Waals surface area (Å²) in [6, 6.07) is 0. The first kappa shape index (κ1) is 22.7. The molecule has 0 saturated heterocycles. The maximum atomic E-state index is 4.76. The number of hydrogen-bond donors (Lipinski definition) is 1. The predicted octanol–water partition coefficient (Wildman–Crippen LogP) is 2.69. The molecule has 3 nitrogen and oxygen atoms in total. The molecule has 0 aliphatic carbocycles. The minimum absolute atomic E-state index is 1.53. The van der Waals surface area contributed by atoms with E-state index in [-0.39, 0.29) is 0 Å². The monoisotopic (exact) mass is 189 g/mol. The molecule has 82 valence electrons. The zero-order chi connectivity index (χ0) is 11.7. The Morgan fingerprint density at radius 1 is 1.15 bits per heavy atom. The highest BCUT2D eigenvalue weighted by Gasteiger charge is 1.68. The second-order valence-corrected chi connectivity index (χ2v) is 1.64. The van der Waals surface area contributed by atoms with Crippen molar-refractivity contribution in [2.24, 2.45) is 10.9 Å². The van der Waals surface area contributed by atoms with Crippen LogP contribution in [0.15, 0.2) is 17.8 Å². The lowest BCUT2D eigenvalue weighted by Crippen LogP contribution is -2.08. The average Bonchev–Trinajstić information content (AvgIpc) is 2.12. The van der Waals surface area contributed by atoms with Crippen molar-refractivity contribution in [2.45, 2.75) is 34.6 Å². The van der Waals surface area contributed by atoms with Gasteiger partial charge < -0.3 is 10.7 Å². The van der Waals surface area contributed by atoms with E-state index in [1.165, 1.54) is 6.34 Å². The molecule has 0 amide bonds. The summed E-state index contributed by atoms with van der Waals surface area (Å²) in [6.45, 7) is 13.2. The first-order valence-corrected chi connectivity index (χ1v) is 4.65. The average molecular weight is 189 g/mol. The van der Waals surface area contributed by atoms with Crippen LogP contribution >= 0.6 is 0 Å². The van der Waals surface area contributed by atoms with Crippen LogP contribution in [-0.2, 0) is 0 Å². The molecule has 0 rings (SSSR count). The van der Waals surface area contributed by atoms with E-state index in [2.05, 4.69) is 11.7 Å². The first-order valence-electron chi connectivity index (χ1n) is 4.65. The lowest BCUT2D eigenvalue weighted by Gasteiger charge is -1.97. The van der Waals surface area contributed by atoms with Gasteiger partial charge in [-0.3, -0.25) is 0 Å². The third-order valence-electron chi connectivity index (χ3n) is 0.298. The van der Waals surface area contributed by atoms with Crippen molar-refractivity contribution in [3.63, 3.8) is 0 Å². The molecular weight excluding hydrogens is 162 g/mol. The van der Waals surface area contributed by atoms with E-state index in [1.807, 2.05) is 48.7 Å². The van der Waals surface area contributed by atoms with Crippen LogP contribution in [0.2, 0.25) is 0 Å². The molecule has 3 heteroatoms. The number of rotatable bonds is 1.